The number of carbonyl (C=O) groups excluding carboxylic acids is 1. The summed E-state index contributed by atoms with van der Waals surface area (Å²) in [5.41, 5.74) is 6.59. The SMILES string of the molecule is CCN(CC(=O)N(C)C)c1ccc(N)cc1C(=O)O. The van der Waals surface area contributed by atoms with Crippen LogP contribution in [0.3, 0.4) is 0 Å². The third kappa shape index (κ3) is 3.61. The molecule has 0 aliphatic heterocycles. The molecule has 1 aromatic rings. The van der Waals surface area contributed by atoms with Crippen LogP contribution in [0, 0.1) is 0 Å². The fourth-order valence-corrected chi connectivity index (χ4v) is 1.67. The molecule has 0 aliphatic carbocycles. The van der Waals surface area contributed by atoms with Gasteiger partial charge in [-0.05, 0) is 25.1 Å². The molecule has 1 amide bonds. The third-order valence-electron chi connectivity index (χ3n) is 2.80. The van der Waals surface area contributed by atoms with Crippen molar-refractivity contribution in [2.75, 3.05) is 37.8 Å². The second-order valence-corrected chi connectivity index (χ2v) is 4.38. The Bertz CT molecular complexity index is 486. The lowest BCUT2D eigenvalue weighted by atomic mass is 10.1. The van der Waals surface area contributed by atoms with Crippen LogP contribution in [0.4, 0.5) is 11.4 Å². The first kappa shape index (κ1) is 14.8. The van der Waals surface area contributed by atoms with Crippen LogP contribution < -0.4 is 10.6 Å². The fraction of sp³-hybridized carbons (Fsp3) is 0.385. The van der Waals surface area contributed by atoms with Crippen LogP contribution in [0.15, 0.2) is 18.2 Å². The number of nitrogens with zero attached hydrogens (tertiary/aromatic N) is 2. The number of benzene rings is 1. The molecular weight excluding hydrogens is 246 g/mol. The zero-order chi connectivity index (χ0) is 14.6. The van der Waals surface area contributed by atoms with Gasteiger partial charge in [-0.1, -0.05) is 0 Å². The minimum Gasteiger partial charge on any atom is -0.478 e. The van der Waals surface area contributed by atoms with Crippen LogP contribution in [0.2, 0.25) is 0 Å². The Morgan fingerprint density at radius 3 is 2.42 bits per heavy atom. The molecular formula is C13H19N3O3. The first-order valence-electron chi connectivity index (χ1n) is 5.94. The van der Waals surface area contributed by atoms with E-state index >= 15 is 0 Å². The van der Waals surface area contributed by atoms with Gasteiger partial charge in [-0.3, -0.25) is 4.79 Å². The summed E-state index contributed by atoms with van der Waals surface area (Å²) < 4.78 is 0. The molecule has 0 unspecified atom stereocenters. The van der Waals surface area contributed by atoms with E-state index in [1.165, 1.54) is 11.0 Å². The molecule has 0 spiro atoms. The molecule has 0 radical (unpaired) electrons. The van der Waals surface area contributed by atoms with Gasteiger partial charge in [0, 0.05) is 26.3 Å². The van der Waals surface area contributed by atoms with Crippen molar-refractivity contribution in [2.45, 2.75) is 6.92 Å². The van der Waals surface area contributed by atoms with Crippen LogP contribution in [-0.2, 0) is 4.79 Å². The molecule has 0 aromatic heterocycles. The number of anilines is 2. The smallest absolute Gasteiger partial charge is 0.337 e. The largest absolute Gasteiger partial charge is 0.478 e. The van der Waals surface area contributed by atoms with E-state index in [1.54, 1.807) is 31.1 Å². The standard InChI is InChI=1S/C13H19N3O3/c1-4-16(8-12(17)15(2)3)11-6-5-9(14)7-10(11)13(18)19/h5-7H,4,8,14H2,1-3H3,(H,18,19). The average Bonchev–Trinajstić information content (AvgIpc) is 2.35. The van der Waals surface area contributed by atoms with E-state index in [0.29, 0.717) is 17.9 Å². The summed E-state index contributed by atoms with van der Waals surface area (Å²) >= 11 is 0. The van der Waals surface area contributed by atoms with E-state index in [2.05, 4.69) is 0 Å². The van der Waals surface area contributed by atoms with E-state index in [1.807, 2.05) is 6.92 Å². The van der Waals surface area contributed by atoms with Crippen molar-refractivity contribution in [1.29, 1.82) is 0 Å². The summed E-state index contributed by atoms with van der Waals surface area (Å²) in [6.45, 7) is 2.53. The Morgan fingerprint density at radius 1 is 1.32 bits per heavy atom. The molecule has 3 N–H and O–H groups in total. The highest BCUT2D eigenvalue weighted by Crippen LogP contribution is 2.23. The molecule has 0 bridgehead atoms. The number of carboxylic acids is 1. The predicted molar refractivity (Wildman–Crippen MR) is 74.4 cm³/mol. The molecule has 6 nitrogen and oxygen atoms in total. The average molecular weight is 265 g/mol. The minimum atomic E-state index is -1.06. The molecule has 0 saturated heterocycles. The zero-order valence-corrected chi connectivity index (χ0v) is 11.4. The number of rotatable bonds is 5. The first-order chi connectivity index (χ1) is 8.86. The van der Waals surface area contributed by atoms with E-state index in [-0.39, 0.29) is 18.0 Å². The van der Waals surface area contributed by atoms with Crippen LogP contribution in [0.25, 0.3) is 0 Å². The maximum atomic E-state index is 11.7. The lowest BCUT2D eigenvalue weighted by molar-refractivity contribution is -0.127. The summed E-state index contributed by atoms with van der Waals surface area (Å²) in [5, 5.41) is 9.20. The molecule has 0 heterocycles. The van der Waals surface area contributed by atoms with Gasteiger partial charge in [-0.15, -0.1) is 0 Å². The molecule has 6 heteroatoms. The van der Waals surface area contributed by atoms with Crippen molar-refractivity contribution < 1.29 is 14.7 Å². The van der Waals surface area contributed by atoms with Gasteiger partial charge in [0.2, 0.25) is 5.91 Å². The summed E-state index contributed by atoms with van der Waals surface area (Å²) in [6.07, 6.45) is 0. The van der Waals surface area contributed by atoms with Gasteiger partial charge >= 0.3 is 5.97 Å². The van der Waals surface area contributed by atoms with Gasteiger partial charge in [-0.25, -0.2) is 4.79 Å². The summed E-state index contributed by atoms with van der Waals surface area (Å²) in [4.78, 5) is 26.2. The maximum absolute atomic E-state index is 11.7. The number of carbonyl (C=O) groups is 2. The second kappa shape index (κ2) is 6.08. The van der Waals surface area contributed by atoms with E-state index < -0.39 is 5.97 Å². The highest BCUT2D eigenvalue weighted by molar-refractivity contribution is 5.96. The van der Waals surface area contributed by atoms with Crippen molar-refractivity contribution in [3.63, 3.8) is 0 Å². The topological polar surface area (TPSA) is 86.9 Å². The highest BCUT2D eigenvalue weighted by Gasteiger charge is 2.18. The normalized spacial score (nSPS) is 10.1. The van der Waals surface area contributed by atoms with Gasteiger partial charge in [0.25, 0.3) is 0 Å². The highest BCUT2D eigenvalue weighted by atomic mass is 16.4. The minimum absolute atomic E-state index is 0.0880. The zero-order valence-electron chi connectivity index (χ0n) is 11.4. The van der Waals surface area contributed by atoms with Crippen molar-refractivity contribution in [1.82, 2.24) is 4.90 Å². The Morgan fingerprint density at radius 2 is 1.95 bits per heavy atom. The van der Waals surface area contributed by atoms with Crippen LogP contribution >= 0.6 is 0 Å². The molecule has 1 rings (SSSR count). The molecule has 0 saturated carbocycles. The lowest BCUT2D eigenvalue weighted by Crippen LogP contribution is -2.37. The molecule has 0 atom stereocenters. The van der Waals surface area contributed by atoms with Crippen molar-refractivity contribution >= 4 is 23.3 Å². The number of nitrogens with two attached hydrogens (primary N) is 1. The van der Waals surface area contributed by atoms with Crippen LogP contribution in [-0.4, -0.2) is 49.1 Å². The number of hydrogen-bond donors (Lipinski definition) is 2. The summed E-state index contributed by atoms with van der Waals surface area (Å²) in [5.74, 6) is -1.15. The molecule has 0 fully saturated rings. The van der Waals surface area contributed by atoms with E-state index in [0.717, 1.165) is 0 Å². The van der Waals surface area contributed by atoms with Crippen molar-refractivity contribution in [3.8, 4) is 0 Å². The van der Waals surface area contributed by atoms with E-state index in [4.69, 9.17) is 5.73 Å². The Kier molecular flexibility index (Phi) is 4.74. The number of aromatic carboxylic acids is 1. The fourth-order valence-electron chi connectivity index (χ4n) is 1.67. The van der Waals surface area contributed by atoms with Crippen molar-refractivity contribution in [2.24, 2.45) is 0 Å². The van der Waals surface area contributed by atoms with Crippen molar-refractivity contribution in [3.05, 3.63) is 23.8 Å². The summed E-state index contributed by atoms with van der Waals surface area (Å²) in [7, 11) is 3.33. The number of hydrogen-bond acceptors (Lipinski definition) is 4. The molecule has 1 aromatic carbocycles. The predicted octanol–water partition coefficient (Wildman–Crippen LogP) is 0.881. The first-order valence-corrected chi connectivity index (χ1v) is 5.94. The number of likely N-dealkylation sites (N-methyl/N-ethyl adjacent to an activating group) is 2. The lowest BCUT2D eigenvalue weighted by Gasteiger charge is -2.25. The molecule has 104 valence electrons. The third-order valence-corrected chi connectivity index (χ3v) is 2.80. The van der Waals surface area contributed by atoms with Gasteiger partial charge < -0.3 is 20.6 Å². The van der Waals surface area contributed by atoms with Gasteiger partial charge in [-0.2, -0.15) is 0 Å². The van der Waals surface area contributed by atoms with E-state index in [9.17, 15) is 14.7 Å². The van der Waals surface area contributed by atoms with Gasteiger partial charge in [0.1, 0.15) is 0 Å². The van der Waals surface area contributed by atoms with Gasteiger partial charge in [0.15, 0.2) is 0 Å². The quantitative estimate of drug-likeness (QED) is 0.772. The van der Waals surface area contributed by atoms with Gasteiger partial charge in [0.05, 0.1) is 17.8 Å². The van der Waals surface area contributed by atoms with Crippen LogP contribution in [0.5, 0.6) is 0 Å². The number of nitrogen functional groups attached to an aromatic ring is 1. The van der Waals surface area contributed by atoms with Crippen LogP contribution in [0.1, 0.15) is 17.3 Å². The summed E-state index contributed by atoms with van der Waals surface area (Å²) in [6, 6.07) is 4.66. The Balaban J connectivity index is 3.11. The molecule has 19 heavy (non-hydrogen) atoms. The maximum Gasteiger partial charge on any atom is 0.337 e. The monoisotopic (exact) mass is 265 g/mol. The Hall–Kier alpha value is -2.24. The number of carboxylic acid groups (broad SMARTS) is 1. The second-order valence-electron chi connectivity index (χ2n) is 4.38. The Labute approximate surface area is 112 Å². The molecule has 0 aliphatic rings. The number of amides is 1.